The summed E-state index contributed by atoms with van der Waals surface area (Å²) in [5.41, 5.74) is 3.83. The minimum Gasteiger partial charge on any atom is -0.492 e. The lowest BCUT2D eigenvalue weighted by Gasteiger charge is -2.17. The van der Waals surface area contributed by atoms with Crippen molar-refractivity contribution in [1.29, 1.82) is 0 Å². The normalized spacial score (nSPS) is 12.2. The van der Waals surface area contributed by atoms with Crippen LogP contribution in [0.25, 0.3) is 0 Å². The van der Waals surface area contributed by atoms with Crippen molar-refractivity contribution in [3.8, 4) is 5.75 Å². The molecule has 1 unspecified atom stereocenters. The van der Waals surface area contributed by atoms with Gasteiger partial charge in [-0.2, -0.15) is 0 Å². The van der Waals surface area contributed by atoms with Crippen LogP contribution in [0.5, 0.6) is 5.75 Å². The van der Waals surface area contributed by atoms with Crippen LogP contribution in [0, 0.1) is 0 Å². The fraction of sp³-hybridized carbons (Fsp3) is 0.214. The number of nitrogens with zero attached hydrogens (tertiary/aromatic N) is 1. The van der Waals surface area contributed by atoms with Gasteiger partial charge in [0.1, 0.15) is 12.4 Å². The molecule has 106 valence electrons. The Balaban J connectivity index is 1.92. The molecule has 1 atom stereocenters. The molecule has 0 spiro atoms. The number of hydrogen-bond acceptors (Lipinski definition) is 4. The first-order valence-electron chi connectivity index (χ1n) is 6.11. The van der Waals surface area contributed by atoms with Gasteiger partial charge in [-0.15, -0.1) is 0 Å². The monoisotopic (exact) mass is 355 g/mol. The van der Waals surface area contributed by atoms with E-state index in [0.717, 1.165) is 22.2 Å². The Morgan fingerprint density at radius 3 is 2.90 bits per heavy atom. The van der Waals surface area contributed by atoms with Crippen LogP contribution in [0.2, 0.25) is 5.02 Å². The highest BCUT2D eigenvalue weighted by Gasteiger charge is 2.09. The molecule has 1 aromatic heterocycles. The van der Waals surface area contributed by atoms with E-state index in [1.807, 2.05) is 24.4 Å². The molecule has 0 aliphatic heterocycles. The quantitative estimate of drug-likeness (QED) is 0.617. The molecule has 20 heavy (non-hydrogen) atoms. The van der Waals surface area contributed by atoms with Gasteiger partial charge in [0.25, 0.3) is 0 Å². The molecule has 3 N–H and O–H groups in total. The zero-order chi connectivity index (χ0) is 14.4. The van der Waals surface area contributed by atoms with Gasteiger partial charge in [-0.1, -0.05) is 17.7 Å². The smallest absolute Gasteiger partial charge is 0.120 e. The minimum atomic E-state index is -0.00918. The van der Waals surface area contributed by atoms with Crippen molar-refractivity contribution in [3.05, 3.63) is 57.8 Å². The van der Waals surface area contributed by atoms with Gasteiger partial charge in [-0.3, -0.25) is 16.3 Å². The molecule has 6 heteroatoms. The van der Waals surface area contributed by atoms with Crippen molar-refractivity contribution < 1.29 is 4.74 Å². The summed E-state index contributed by atoms with van der Waals surface area (Å²) >= 11 is 9.31. The summed E-state index contributed by atoms with van der Waals surface area (Å²) in [6.07, 6.45) is 4.29. The summed E-state index contributed by atoms with van der Waals surface area (Å²) < 4.78 is 6.63. The summed E-state index contributed by atoms with van der Waals surface area (Å²) in [6, 6.07) is 9.29. The number of nitrogens with two attached hydrogens (primary N) is 1. The van der Waals surface area contributed by atoms with E-state index in [1.54, 1.807) is 18.3 Å². The standard InChI is InChI=1S/C14H15BrClN3O/c15-11-4-10(7-18-8-11)5-13(19-17)9-20-14-3-1-2-12(16)6-14/h1-4,6-8,13,19H,5,9,17H2. The number of nitrogens with one attached hydrogen (secondary N) is 1. The van der Waals surface area contributed by atoms with E-state index >= 15 is 0 Å². The van der Waals surface area contributed by atoms with E-state index in [1.165, 1.54) is 0 Å². The number of aromatic nitrogens is 1. The van der Waals surface area contributed by atoms with Gasteiger partial charge in [-0.05, 0) is 52.2 Å². The molecule has 4 nitrogen and oxygen atoms in total. The largest absolute Gasteiger partial charge is 0.492 e. The summed E-state index contributed by atoms with van der Waals surface area (Å²) in [4.78, 5) is 4.13. The second kappa shape index (κ2) is 7.59. The maximum Gasteiger partial charge on any atom is 0.120 e. The van der Waals surface area contributed by atoms with Crippen LogP contribution in [0.4, 0.5) is 0 Å². The van der Waals surface area contributed by atoms with Crippen molar-refractivity contribution >= 4 is 27.5 Å². The molecular weight excluding hydrogens is 342 g/mol. The van der Waals surface area contributed by atoms with Gasteiger partial charge in [-0.25, -0.2) is 0 Å². The molecule has 0 saturated heterocycles. The molecule has 1 aromatic carbocycles. The van der Waals surface area contributed by atoms with Crippen molar-refractivity contribution in [3.63, 3.8) is 0 Å². The number of halogens is 2. The Labute approximate surface area is 131 Å². The third-order valence-electron chi connectivity index (χ3n) is 2.73. The molecule has 2 rings (SSSR count). The van der Waals surface area contributed by atoms with E-state index in [0.29, 0.717) is 11.6 Å². The van der Waals surface area contributed by atoms with E-state index < -0.39 is 0 Å². The van der Waals surface area contributed by atoms with Gasteiger partial charge >= 0.3 is 0 Å². The van der Waals surface area contributed by atoms with Gasteiger partial charge in [0.15, 0.2) is 0 Å². The number of rotatable bonds is 6. The molecule has 0 fully saturated rings. The molecule has 1 heterocycles. The molecular formula is C14H15BrClN3O. The van der Waals surface area contributed by atoms with Crippen molar-refractivity contribution in [2.24, 2.45) is 5.84 Å². The summed E-state index contributed by atoms with van der Waals surface area (Å²) in [7, 11) is 0. The highest BCUT2D eigenvalue weighted by molar-refractivity contribution is 9.10. The number of pyridine rings is 1. The third-order valence-corrected chi connectivity index (χ3v) is 3.40. The zero-order valence-electron chi connectivity index (χ0n) is 10.7. The van der Waals surface area contributed by atoms with Gasteiger partial charge < -0.3 is 4.74 Å². The first-order chi connectivity index (χ1) is 9.67. The second-order valence-electron chi connectivity index (χ2n) is 4.35. The topological polar surface area (TPSA) is 60.2 Å². The van der Waals surface area contributed by atoms with E-state index in [9.17, 15) is 0 Å². The maximum atomic E-state index is 5.91. The lowest BCUT2D eigenvalue weighted by atomic mass is 10.1. The minimum absolute atomic E-state index is 0.00918. The molecule has 2 aromatic rings. The van der Waals surface area contributed by atoms with Crippen LogP contribution in [-0.4, -0.2) is 17.6 Å². The van der Waals surface area contributed by atoms with Gasteiger partial charge in [0.05, 0.1) is 6.04 Å². The number of ether oxygens (including phenoxy) is 1. The first kappa shape index (κ1) is 15.3. The predicted octanol–water partition coefficient (Wildman–Crippen LogP) is 2.95. The van der Waals surface area contributed by atoms with Crippen LogP contribution in [0.1, 0.15) is 5.56 Å². The van der Waals surface area contributed by atoms with Crippen LogP contribution >= 0.6 is 27.5 Å². The number of benzene rings is 1. The fourth-order valence-corrected chi connectivity index (χ4v) is 2.36. The van der Waals surface area contributed by atoms with E-state index in [2.05, 4.69) is 26.3 Å². The Kier molecular flexibility index (Phi) is 5.79. The Morgan fingerprint density at radius 2 is 2.20 bits per heavy atom. The molecule has 0 bridgehead atoms. The van der Waals surface area contributed by atoms with Gasteiger partial charge in [0.2, 0.25) is 0 Å². The number of hydrogen-bond donors (Lipinski definition) is 2. The Bertz CT molecular complexity index is 568. The molecule has 0 amide bonds. The fourth-order valence-electron chi connectivity index (χ4n) is 1.77. The predicted molar refractivity (Wildman–Crippen MR) is 83.7 cm³/mol. The first-order valence-corrected chi connectivity index (χ1v) is 7.28. The van der Waals surface area contributed by atoms with Crippen molar-refractivity contribution in [2.45, 2.75) is 12.5 Å². The van der Waals surface area contributed by atoms with Crippen molar-refractivity contribution in [2.75, 3.05) is 6.61 Å². The second-order valence-corrected chi connectivity index (χ2v) is 5.70. The molecule has 0 saturated carbocycles. The number of hydrazine groups is 1. The molecule has 0 aliphatic rings. The Hall–Kier alpha value is -1.14. The average Bonchev–Trinajstić information content (AvgIpc) is 2.43. The SMILES string of the molecule is NNC(COc1cccc(Cl)c1)Cc1cncc(Br)c1. The summed E-state index contributed by atoms with van der Waals surface area (Å²) in [6.45, 7) is 0.448. The highest BCUT2D eigenvalue weighted by Crippen LogP contribution is 2.17. The van der Waals surface area contributed by atoms with Crippen LogP contribution < -0.4 is 16.0 Å². The van der Waals surface area contributed by atoms with Crippen LogP contribution in [0.3, 0.4) is 0 Å². The van der Waals surface area contributed by atoms with E-state index in [4.69, 9.17) is 22.2 Å². The zero-order valence-corrected chi connectivity index (χ0v) is 13.1. The van der Waals surface area contributed by atoms with Gasteiger partial charge in [0, 0.05) is 21.9 Å². The molecule has 0 aliphatic carbocycles. The van der Waals surface area contributed by atoms with Crippen molar-refractivity contribution in [1.82, 2.24) is 10.4 Å². The average molecular weight is 357 g/mol. The maximum absolute atomic E-state index is 5.91. The van der Waals surface area contributed by atoms with Crippen LogP contribution in [0.15, 0.2) is 47.2 Å². The lowest BCUT2D eigenvalue weighted by Crippen LogP contribution is -2.41. The third kappa shape index (κ3) is 4.76. The lowest BCUT2D eigenvalue weighted by molar-refractivity contribution is 0.264. The summed E-state index contributed by atoms with van der Waals surface area (Å²) in [5, 5.41) is 0.649. The van der Waals surface area contributed by atoms with Crippen LogP contribution in [-0.2, 0) is 6.42 Å². The Morgan fingerprint density at radius 1 is 1.35 bits per heavy atom. The van der Waals surface area contributed by atoms with E-state index in [-0.39, 0.29) is 6.04 Å². The summed E-state index contributed by atoms with van der Waals surface area (Å²) in [5.74, 6) is 6.29. The highest BCUT2D eigenvalue weighted by atomic mass is 79.9. The molecule has 0 radical (unpaired) electrons.